The highest BCUT2D eigenvalue weighted by atomic mass is 35.5. The first-order valence-corrected chi connectivity index (χ1v) is 11.6. The van der Waals surface area contributed by atoms with Crippen molar-refractivity contribution in [3.63, 3.8) is 0 Å². The smallest absolute Gasteiger partial charge is 0.242 e. The minimum absolute atomic E-state index is 0.00696. The van der Waals surface area contributed by atoms with Crippen LogP contribution in [0.25, 0.3) is 0 Å². The second-order valence-electron chi connectivity index (χ2n) is 6.99. The van der Waals surface area contributed by atoms with Crippen LogP contribution in [-0.4, -0.2) is 32.2 Å². The summed E-state index contributed by atoms with van der Waals surface area (Å²) in [4.78, 5) is 12.4. The summed E-state index contributed by atoms with van der Waals surface area (Å²) >= 11 is 6.06. The van der Waals surface area contributed by atoms with Gasteiger partial charge in [0.25, 0.3) is 0 Å². The lowest BCUT2D eigenvalue weighted by Gasteiger charge is -2.17. The molecule has 0 unspecified atom stereocenters. The number of para-hydroxylation sites is 1. The van der Waals surface area contributed by atoms with Gasteiger partial charge < -0.3 is 10.1 Å². The molecule has 1 amide bonds. The molecule has 3 rings (SSSR count). The maximum absolute atomic E-state index is 13.1. The first-order chi connectivity index (χ1) is 15.3. The largest absolute Gasteiger partial charge is 0.455 e. The van der Waals surface area contributed by atoms with Crippen LogP contribution >= 0.6 is 11.6 Å². The van der Waals surface area contributed by atoms with Gasteiger partial charge in [-0.2, -0.15) is 0 Å². The van der Waals surface area contributed by atoms with Crippen molar-refractivity contribution in [1.82, 2.24) is 4.31 Å². The Hall–Kier alpha value is -2.94. The van der Waals surface area contributed by atoms with Crippen molar-refractivity contribution in [1.29, 1.82) is 0 Å². The fourth-order valence-corrected chi connectivity index (χ4v) is 4.27. The number of carbonyl (C=O) groups excluding carboxylic acids is 1. The van der Waals surface area contributed by atoms with Gasteiger partial charge in [-0.3, -0.25) is 4.79 Å². The molecule has 3 aromatic rings. The number of nitrogens with zero attached hydrogens (tertiary/aromatic N) is 1. The van der Waals surface area contributed by atoms with Crippen LogP contribution in [0.4, 0.5) is 10.1 Å². The number of anilines is 1. The molecular weight excluding hydrogens is 455 g/mol. The van der Waals surface area contributed by atoms with Crippen molar-refractivity contribution in [2.75, 3.05) is 18.9 Å². The first-order valence-electron chi connectivity index (χ1n) is 9.80. The van der Waals surface area contributed by atoms with E-state index < -0.39 is 15.8 Å². The standard InChI is InChI=1S/C23H22ClFN2O4S/c1-27(32(29,30)20-12-10-18(25)11-13-20)15-5-8-23(28)26-21-16-17(24)9-14-22(21)31-19-6-3-2-4-7-19/h2-4,6-7,9-14,16H,5,8,15H2,1H3,(H,26,28). The van der Waals surface area contributed by atoms with Crippen LogP contribution in [0.3, 0.4) is 0 Å². The highest BCUT2D eigenvalue weighted by Crippen LogP contribution is 2.32. The summed E-state index contributed by atoms with van der Waals surface area (Å²) in [5, 5.41) is 3.20. The molecule has 0 bridgehead atoms. The number of benzene rings is 3. The van der Waals surface area contributed by atoms with E-state index in [0.29, 0.717) is 22.2 Å². The topological polar surface area (TPSA) is 75.7 Å². The van der Waals surface area contributed by atoms with Gasteiger partial charge in [0, 0.05) is 25.0 Å². The summed E-state index contributed by atoms with van der Waals surface area (Å²) in [5.74, 6) is 0.223. The average molecular weight is 477 g/mol. The normalized spacial score (nSPS) is 11.4. The molecule has 32 heavy (non-hydrogen) atoms. The van der Waals surface area contributed by atoms with Gasteiger partial charge in [0.1, 0.15) is 11.6 Å². The molecular formula is C23H22ClFN2O4S. The zero-order valence-electron chi connectivity index (χ0n) is 17.3. The fraction of sp³-hybridized carbons (Fsp3) is 0.174. The van der Waals surface area contributed by atoms with Gasteiger partial charge in [-0.1, -0.05) is 29.8 Å². The number of halogens is 2. The minimum Gasteiger partial charge on any atom is -0.455 e. The van der Waals surface area contributed by atoms with E-state index in [9.17, 15) is 17.6 Å². The number of hydrogen-bond acceptors (Lipinski definition) is 4. The second kappa shape index (κ2) is 10.6. The third-order valence-electron chi connectivity index (χ3n) is 4.59. The summed E-state index contributed by atoms with van der Waals surface area (Å²) in [6.45, 7) is 0.121. The molecule has 0 aliphatic carbocycles. The van der Waals surface area contributed by atoms with Crippen LogP contribution in [0, 0.1) is 5.82 Å². The number of rotatable bonds is 9. The molecule has 0 saturated heterocycles. The molecule has 0 atom stereocenters. The molecule has 9 heteroatoms. The lowest BCUT2D eigenvalue weighted by molar-refractivity contribution is -0.116. The van der Waals surface area contributed by atoms with Gasteiger partial charge in [-0.25, -0.2) is 17.1 Å². The van der Waals surface area contributed by atoms with E-state index in [1.54, 1.807) is 30.3 Å². The number of hydrogen-bond donors (Lipinski definition) is 1. The summed E-state index contributed by atoms with van der Waals surface area (Å²) in [7, 11) is -2.35. The molecule has 0 fully saturated rings. The molecule has 0 heterocycles. The number of carbonyl (C=O) groups is 1. The molecule has 168 valence electrons. The van der Waals surface area contributed by atoms with Crippen LogP contribution in [0.15, 0.2) is 77.7 Å². The van der Waals surface area contributed by atoms with Crippen LogP contribution in [-0.2, 0) is 14.8 Å². The maximum atomic E-state index is 13.1. The van der Waals surface area contributed by atoms with Crippen LogP contribution < -0.4 is 10.1 Å². The Balaban J connectivity index is 1.58. The van der Waals surface area contributed by atoms with Crippen LogP contribution in [0.1, 0.15) is 12.8 Å². The Bertz CT molecular complexity index is 1170. The summed E-state index contributed by atoms with van der Waals surface area (Å²) in [6.07, 6.45) is 0.374. The van der Waals surface area contributed by atoms with E-state index in [-0.39, 0.29) is 30.2 Å². The quantitative estimate of drug-likeness (QED) is 0.454. The number of amides is 1. The Morgan fingerprint density at radius 1 is 1.06 bits per heavy atom. The van der Waals surface area contributed by atoms with E-state index >= 15 is 0 Å². The fourth-order valence-electron chi connectivity index (χ4n) is 2.89. The molecule has 0 radical (unpaired) electrons. The third kappa shape index (κ3) is 6.29. The van der Waals surface area contributed by atoms with Gasteiger partial charge in [-0.15, -0.1) is 0 Å². The lowest BCUT2D eigenvalue weighted by atomic mass is 10.2. The van der Waals surface area contributed by atoms with Gasteiger partial charge in [0.05, 0.1) is 10.6 Å². The SMILES string of the molecule is CN(CCCC(=O)Nc1cc(Cl)ccc1Oc1ccccc1)S(=O)(=O)c1ccc(F)cc1. The van der Waals surface area contributed by atoms with Gasteiger partial charge in [0.15, 0.2) is 5.75 Å². The Morgan fingerprint density at radius 2 is 1.75 bits per heavy atom. The molecule has 0 aliphatic heterocycles. The summed E-state index contributed by atoms with van der Waals surface area (Å²) in [6, 6.07) is 18.6. The van der Waals surface area contributed by atoms with E-state index in [1.807, 2.05) is 18.2 Å². The molecule has 1 N–H and O–H groups in total. The first kappa shape index (κ1) is 23.7. The zero-order valence-corrected chi connectivity index (χ0v) is 18.9. The predicted molar refractivity (Wildman–Crippen MR) is 122 cm³/mol. The van der Waals surface area contributed by atoms with Gasteiger partial charge >= 0.3 is 0 Å². The Labute approximate surface area is 191 Å². The van der Waals surface area contributed by atoms with Crippen molar-refractivity contribution in [3.05, 3.63) is 83.6 Å². The van der Waals surface area contributed by atoms with E-state index in [2.05, 4.69) is 5.32 Å². The summed E-state index contributed by atoms with van der Waals surface area (Å²) in [5.41, 5.74) is 0.415. The van der Waals surface area contributed by atoms with Crippen molar-refractivity contribution in [2.24, 2.45) is 0 Å². The van der Waals surface area contributed by atoms with Gasteiger partial charge in [-0.05, 0) is 61.0 Å². The third-order valence-corrected chi connectivity index (χ3v) is 6.69. The van der Waals surface area contributed by atoms with Gasteiger partial charge in [0.2, 0.25) is 15.9 Å². The number of sulfonamides is 1. The molecule has 6 nitrogen and oxygen atoms in total. The van der Waals surface area contributed by atoms with E-state index in [4.69, 9.17) is 16.3 Å². The second-order valence-corrected chi connectivity index (χ2v) is 9.47. The number of nitrogens with one attached hydrogen (secondary N) is 1. The average Bonchev–Trinajstić information content (AvgIpc) is 2.76. The van der Waals surface area contributed by atoms with E-state index in [0.717, 1.165) is 16.4 Å². The zero-order chi connectivity index (χ0) is 23.1. The van der Waals surface area contributed by atoms with Crippen molar-refractivity contribution in [2.45, 2.75) is 17.7 Å². The van der Waals surface area contributed by atoms with Crippen LogP contribution in [0.2, 0.25) is 5.02 Å². The Kier molecular flexibility index (Phi) is 7.84. The predicted octanol–water partition coefficient (Wildman–Crippen LogP) is 5.31. The molecule has 0 aliphatic rings. The number of ether oxygens (including phenoxy) is 1. The maximum Gasteiger partial charge on any atom is 0.242 e. The molecule has 0 spiro atoms. The highest BCUT2D eigenvalue weighted by Gasteiger charge is 2.20. The van der Waals surface area contributed by atoms with Crippen molar-refractivity contribution >= 4 is 33.2 Å². The molecule has 0 aromatic heterocycles. The van der Waals surface area contributed by atoms with Crippen molar-refractivity contribution < 1.29 is 22.3 Å². The van der Waals surface area contributed by atoms with Crippen molar-refractivity contribution in [3.8, 4) is 11.5 Å². The summed E-state index contributed by atoms with van der Waals surface area (Å²) < 4.78 is 45.1. The highest BCUT2D eigenvalue weighted by molar-refractivity contribution is 7.89. The lowest BCUT2D eigenvalue weighted by Crippen LogP contribution is -2.28. The monoisotopic (exact) mass is 476 g/mol. The van der Waals surface area contributed by atoms with Crippen LogP contribution in [0.5, 0.6) is 11.5 Å². The Morgan fingerprint density at radius 3 is 2.44 bits per heavy atom. The molecule has 3 aromatic carbocycles. The van der Waals surface area contributed by atoms with E-state index in [1.165, 1.54) is 19.2 Å². The molecule has 0 saturated carbocycles. The minimum atomic E-state index is -3.76.